The van der Waals surface area contributed by atoms with E-state index in [-0.39, 0.29) is 11.8 Å². The number of halogens is 2. The molecule has 1 heterocycles. The van der Waals surface area contributed by atoms with Crippen LogP contribution in [0.1, 0.15) is 42.4 Å². The van der Waals surface area contributed by atoms with Crippen molar-refractivity contribution >= 4 is 34.8 Å². The van der Waals surface area contributed by atoms with Crippen LogP contribution < -0.4 is 5.32 Å². The van der Waals surface area contributed by atoms with Gasteiger partial charge in [0.25, 0.3) is 0 Å². The molecule has 0 radical (unpaired) electrons. The largest absolute Gasteiger partial charge is 0.326 e. The highest BCUT2D eigenvalue weighted by Crippen LogP contribution is 2.40. The third kappa shape index (κ3) is 4.00. The van der Waals surface area contributed by atoms with Gasteiger partial charge in [0.05, 0.1) is 0 Å². The smallest absolute Gasteiger partial charge is 0.224 e. The molecule has 5 heteroatoms. The topological polar surface area (TPSA) is 32.3 Å². The first-order chi connectivity index (χ1) is 12.0. The second kappa shape index (κ2) is 7.77. The Balaban J connectivity index is 2.05. The van der Waals surface area contributed by atoms with Crippen LogP contribution in [0.25, 0.3) is 0 Å². The Hall–Kier alpha value is -1.55. The number of para-hydroxylation sites is 1. The van der Waals surface area contributed by atoms with Crippen LogP contribution in [0.5, 0.6) is 0 Å². The van der Waals surface area contributed by atoms with Crippen LogP contribution in [-0.2, 0) is 11.3 Å². The number of hydrogen-bond donors (Lipinski definition) is 1. The average Bonchev–Trinajstić information content (AvgIpc) is 2.56. The van der Waals surface area contributed by atoms with E-state index < -0.39 is 0 Å². The lowest BCUT2D eigenvalue weighted by atomic mass is 9.84. The number of amides is 1. The van der Waals surface area contributed by atoms with Crippen LogP contribution in [0.2, 0.25) is 10.0 Å². The summed E-state index contributed by atoms with van der Waals surface area (Å²) < 4.78 is 0. The predicted octanol–water partition coefficient (Wildman–Crippen LogP) is 5.31. The zero-order chi connectivity index (χ0) is 18.0. The molecular formula is C20H22Cl2N2O. The molecule has 0 saturated heterocycles. The van der Waals surface area contributed by atoms with Crippen molar-refractivity contribution in [2.24, 2.45) is 0 Å². The van der Waals surface area contributed by atoms with Gasteiger partial charge < -0.3 is 10.2 Å². The zero-order valence-corrected chi connectivity index (χ0v) is 16.0. The molecular weight excluding hydrogens is 355 g/mol. The normalized spacial score (nSPS) is 17.2. The molecule has 132 valence electrons. The van der Waals surface area contributed by atoms with Gasteiger partial charge in [0.1, 0.15) is 0 Å². The van der Waals surface area contributed by atoms with Crippen LogP contribution in [-0.4, -0.2) is 24.4 Å². The molecule has 2 aromatic carbocycles. The predicted molar refractivity (Wildman–Crippen MR) is 105 cm³/mol. The Morgan fingerprint density at radius 3 is 2.76 bits per heavy atom. The van der Waals surface area contributed by atoms with E-state index in [1.165, 1.54) is 0 Å². The molecule has 1 amide bonds. The molecule has 0 fully saturated rings. The first-order valence-corrected chi connectivity index (χ1v) is 9.30. The van der Waals surface area contributed by atoms with Gasteiger partial charge in [0.15, 0.2) is 0 Å². The summed E-state index contributed by atoms with van der Waals surface area (Å²) in [6.07, 6.45) is 1.35. The van der Waals surface area contributed by atoms with Gasteiger partial charge in [0.2, 0.25) is 5.91 Å². The maximum Gasteiger partial charge on any atom is 0.224 e. The van der Waals surface area contributed by atoms with E-state index in [0.717, 1.165) is 41.9 Å². The number of anilines is 1. The lowest BCUT2D eigenvalue weighted by Gasteiger charge is -2.34. The fourth-order valence-corrected chi connectivity index (χ4v) is 4.03. The molecule has 3 nitrogen and oxygen atoms in total. The molecule has 2 aromatic rings. The summed E-state index contributed by atoms with van der Waals surface area (Å²) in [5, 5.41) is 4.40. The number of fused-ring (bicyclic) bond motifs is 1. The van der Waals surface area contributed by atoms with Crippen molar-refractivity contribution in [1.82, 2.24) is 4.90 Å². The Labute approximate surface area is 158 Å². The highest BCUT2D eigenvalue weighted by Gasteiger charge is 2.28. The molecule has 1 aliphatic heterocycles. The van der Waals surface area contributed by atoms with E-state index in [9.17, 15) is 4.79 Å². The molecule has 0 aliphatic carbocycles. The van der Waals surface area contributed by atoms with Gasteiger partial charge >= 0.3 is 0 Å². The summed E-state index contributed by atoms with van der Waals surface area (Å²) in [6, 6.07) is 11.8. The number of benzene rings is 2. The quantitative estimate of drug-likeness (QED) is 0.783. The van der Waals surface area contributed by atoms with E-state index in [4.69, 9.17) is 23.2 Å². The second-order valence-corrected chi connectivity index (χ2v) is 7.43. The molecule has 1 aliphatic rings. The Bertz CT molecular complexity index is 791. The fraction of sp³-hybridized carbons (Fsp3) is 0.350. The van der Waals surface area contributed by atoms with Crippen molar-refractivity contribution < 1.29 is 4.79 Å². The maximum atomic E-state index is 12.1. The van der Waals surface area contributed by atoms with Gasteiger partial charge in [-0.05, 0) is 48.4 Å². The van der Waals surface area contributed by atoms with E-state index >= 15 is 0 Å². The summed E-state index contributed by atoms with van der Waals surface area (Å²) in [7, 11) is 2.08. The van der Waals surface area contributed by atoms with Crippen molar-refractivity contribution in [3.8, 4) is 0 Å². The maximum absolute atomic E-state index is 12.1. The summed E-state index contributed by atoms with van der Waals surface area (Å²) in [5.74, 6) is 0.159. The minimum atomic E-state index is 0.0449. The summed E-state index contributed by atoms with van der Waals surface area (Å²) in [5.41, 5.74) is 4.22. The Kier molecular flexibility index (Phi) is 5.67. The van der Waals surface area contributed by atoms with Gasteiger partial charge in [-0.2, -0.15) is 0 Å². The minimum Gasteiger partial charge on any atom is -0.326 e. The van der Waals surface area contributed by atoms with Gasteiger partial charge in [-0.1, -0.05) is 48.3 Å². The summed E-state index contributed by atoms with van der Waals surface area (Å²) in [4.78, 5) is 14.3. The van der Waals surface area contributed by atoms with Crippen molar-refractivity contribution in [1.29, 1.82) is 0 Å². The standard InChI is InChI=1S/C20H22Cl2N2O/c1-3-6-20(25)23-19-8-5-4-7-14(19)16-11-24(2)12-17-15(16)9-13(21)10-18(17)22/h4-5,7-10,16H,3,6,11-12H2,1-2H3,(H,23,25). The molecule has 0 spiro atoms. The van der Waals surface area contributed by atoms with Crippen molar-refractivity contribution in [3.63, 3.8) is 0 Å². The van der Waals surface area contributed by atoms with Gasteiger partial charge in [-0.25, -0.2) is 0 Å². The van der Waals surface area contributed by atoms with Crippen LogP contribution in [0.15, 0.2) is 36.4 Å². The monoisotopic (exact) mass is 376 g/mol. The third-order valence-electron chi connectivity index (χ3n) is 4.58. The first-order valence-electron chi connectivity index (χ1n) is 8.54. The molecule has 25 heavy (non-hydrogen) atoms. The number of nitrogens with one attached hydrogen (secondary N) is 1. The van der Waals surface area contributed by atoms with Crippen molar-refractivity contribution in [2.75, 3.05) is 18.9 Å². The Morgan fingerprint density at radius 1 is 1.24 bits per heavy atom. The first kappa shape index (κ1) is 18.2. The molecule has 1 N–H and O–H groups in total. The average molecular weight is 377 g/mol. The number of rotatable bonds is 4. The van der Waals surface area contributed by atoms with Crippen molar-refractivity contribution in [3.05, 3.63) is 63.1 Å². The molecule has 3 rings (SSSR count). The SMILES string of the molecule is CCCC(=O)Nc1ccccc1C1CN(C)Cc2c(Cl)cc(Cl)cc21. The number of hydrogen-bond acceptors (Lipinski definition) is 2. The van der Waals surface area contributed by atoms with E-state index in [1.54, 1.807) is 6.07 Å². The van der Waals surface area contributed by atoms with Gasteiger partial charge in [-0.3, -0.25) is 4.79 Å². The van der Waals surface area contributed by atoms with Crippen LogP contribution in [0.4, 0.5) is 5.69 Å². The molecule has 0 aromatic heterocycles. The molecule has 0 bridgehead atoms. The molecule has 1 unspecified atom stereocenters. The lowest BCUT2D eigenvalue weighted by Crippen LogP contribution is -2.31. The zero-order valence-electron chi connectivity index (χ0n) is 14.5. The molecule has 1 atom stereocenters. The number of carbonyl (C=O) groups is 1. The lowest BCUT2D eigenvalue weighted by molar-refractivity contribution is -0.116. The van der Waals surface area contributed by atoms with E-state index in [1.807, 2.05) is 31.2 Å². The highest BCUT2D eigenvalue weighted by molar-refractivity contribution is 6.35. The van der Waals surface area contributed by atoms with Gasteiger partial charge in [-0.15, -0.1) is 0 Å². The van der Waals surface area contributed by atoms with Crippen LogP contribution >= 0.6 is 23.2 Å². The number of nitrogens with zero attached hydrogens (tertiary/aromatic N) is 1. The number of likely N-dealkylation sites (N-methyl/N-ethyl adjacent to an activating group) is 1. The number of carbonyl (C=O) groups excluding carboxylic acids is 1. The Morgan fingerprint density at radius 2 is 2.00 bits per heavy atom. The second-order valence-electron chi connectivity index (χ2n) is 6.59. The van der Waals surface area contributed by atoms with Crippen LogP contribution in [0.3, 0.4) is 0 Å². The van der Waals surface area contributed by atoms with E-state index in [2.05, 4.69) is 23.3 Å². The highest BCUT2D eigenvalue weighted by atomic mass is 35.5. The van der Waals surface area contributed by atoms with Gasteiger partial charge in [0, 0.05) is 41.2 Å². The summed E-state index contributed by atoms with van der Waals surface area (Å²) >= 11 is 12.7. The fourth-order valence-electron chi connectivity index (χ4n) is 3.47. The minimum absolute atomic E-state index is 0.0449. The van der Waals surface area contributed by atoms with E-state index in [0.29, 0.717) is 16.5 Å². The summed E-state index contributed by atoms with van der Waals surface area (Å²) in [6.45, 7) is 3.65. The van der Waals surface area contributed by atoms with Crippen molar-refractivity contribution in [2.45, 2.75) is 32.2 Å². The van der Waals surface area contributed by atoms with Crippen LogP contribution in [0, 0.1) is 0 Å². The third-order valence-corrected chi connectivity index (χ3v) is 5.14. The molecule has 0 saturated carbocycles.